The van der Waals surface area contributed by atoms with Crippen LogP contribution < -0.4 is 9.74 Å². The second-order valence-electron chi connectivity index (χ2n) is 10.5. The first kappa shape index (κ1) is 21.3. The number of benzene rings is 1. The van der Waals surface area contributed by atoms with E-state index in [1.54, 1.807) is 11.3 Å². The zero-order valence-electron chi connectivity index (χ0n) is 18.6. The van der Waals surface area contributed by atoms with E-state index < -0.39 is 8.32 Å². The van der Waals surface area contributed by atoms with Gasteiger partial charge in [-0.25, -0.2) is 9.98 Å². The predicted octanol–water partition coefficient (Wildman–Crippen LogP) is 3.74. The van der Waals surface area contributed by atoms with Crippen LogP contribution in [0, 0.1) is 5.92 Å². The minimum atomic E-state index is -1.86. The summed E-state index contributed by atoms with van der Waals surface area (Å²) in [7, 11) is -1.59. The Morgan fingerprint density at radius 3 is 2.71 bits per heavy atom. The maximum Gasteiger partial charge on any atom is 0.292 e. The molecule has 31 heavy (non-hydrogen) atoms. The molecule has 0 radical (unpaired) electrons. The largest absolute Gasteiger partial charge is 0.543 e. The molecule has 1 N–H and O–H groups in total. The lowest BCUT2D eigenvalue weighted by atomic mass is 9.72. The standard InChI is InChI=1S/C22H35BN4O2SSi/c1-21(2,3)31(4,5)29-16-6-7-17-18(12-16)30-20(25-17)26-19-24-13-22(28-19)14-27(23)10-8-15(22)9-11-27/h6-7,12,15H,8-11,13-14H2,1-5,23H3,(H,24,25,26). The number of ether oxygens (including phenoxy) is 1. The summed E-state index contributed by atoms with van der Waals surface area (Å²) in [5, 5.41) is 4.40. The van der Waals surface area contributed by atoms with Crippen LogP contribution >= 0.6 is 11.3 Å². The van der Waals surface area contributed by atoms with Crippen molar-refractivity contribution in [3.8, 4) is 5.75 Å². The Morgan fingerprint density at radius 1 is 1.29 bits per heavy atom. The molecule has 4 aliphatic rings. The van der Waals surface area contributed by atoms with Crippen molar-refractivity contribution in [2.75, 3.05) is 31.5 Å². The second kappa shape index (κ2) is 6.96. The fourth-order valence-electron chi connectivity index (χ4n) is 4.51. The summed E-state index contributed by atoms with van der Waals surface area (Å²) in [6.07, 6.45) is 2.62. The number of hydrogen-bond acceptors (Lipinski definition) is 6. The molecule has 5 heterocycles. The molecule has 1 unspecified atom stereocenters. The van der Waals surface area contributed by atoms with Crippen LogP contribution in [0.15, 0.2) is 23.2 Å². The van der Waals surface area contributed by atoms with Crippen LogP contribution in [0.4, 0.5) is 5.13 Å². The molecule has 0 amide bonds. The third-order valence-corrected chi connectivity index (χ3v) is 12.7. The molecule has 168 valence electrons. The Kier molecular flexibility index (Phi) is 4.78. The van der Waals surface area contributed by atoms with Crippen molar-refractivity contribution in [1.29, 1.82) is 0 Å². The highest BCUT2D eigenvalue weighted by atomic mass is 32.1. The van der Waals surface area contributed by atoms with Gasteiger partial charge in [-0.15, -0.1) is 0 Å². The predicted molar refractivity (Wildman–Crippen MR) is 135 cm³/mol. The molecule has 9 heteroatoms. The Labute approximate surface area is 191 Å². The molecule has 6 nitrogen and oxygen atoms in total. The SMILES string of the molecule is [BH3-][N+]12CCC(CC1)C1(CN=C(Nc3nc4ccc(O[Si](C)(C)C(C)(C)C)cc4s3)O1)C2. The Balaban J connectivity index is 1.30. The maximum atomic E-state index is 6.53. The van der Waals surface area contributed by atoms with Gasteiger partial charge in [0.05, 0.1) is 23.3 Å². The van der Waals surface area contributed by atoms with Gasteiger partial charge in [0.25, 0.3) is 6.02 Å². The third kappa shape index (κ3) is 3.78. The Morgan fingerprint density at radius 2 is 2.03 bits per heavy atom. The molecule has 0 saturated carbocycles. The van der Waals surface area contributed by atoms with Gasteiger partial charge in [0, 0.05) is 19.0 Å². The molecule has 2 bridgehead atoms. The fraction of sp³-hybridized carbons (Fsp3) is 0.636. The lowest BCUT2D eigenvalue weighted by Crippen LogP contribution is -2.69. The van der Waals surface area contributed by atoms with E-state index in [0.29, 0.717) is 11.9 Å². The number of fused-ring (bicyclic) bond motifs is 3. The van der Waals surface area contributed by atoms with Crippen LogP contribution in [0.3, 0.4) is 0 Å². The van der Waals surface area contributed by atoms with Crippen LogP contribution in [0.25, 0.3) is 10.2 Å². The van der Waals surface area contributed by atoms with Crippen LogP contribution in [0.5, 0.6) is 5.75 Å². The van der Waals surface area contributed by atoms with Gasteiger partial charge in [0.1, 0.15) is 5.75 Å². The van der Waals surface area contributed by atoms with Crippen molar-refractivity contribution in [1.82, 2.24) is 4.98 Å². The highest BCUT2D eigenvalue weighted by Gasteiger charge is 2.55. The molecule has 3 saturated heterocycles. The molecule has 3 fully saturated rings. The molecule has 4 aliphatic heterocycles. The number of nitrogens with one attached hydrogen (secondary N) is 1. The van der Waals surface area contributed by atoms with Gasteiger partial charge < -0.3 is 13.6 Å². The first-order chi connectivity index (χ1) is 14.5. The van der Waals surface area contributed by atoms with Crippen LogP contribution in [0.1, 0.15) is 33.6 Å². The van der Waals surface area contributed by atoms with Crippen molar-refractivity contribution in [2.24, 2.45) is 10.9 Å². The van der Waals surface area contributed by atoms with Crippen LogP contribution in [-0.2, 0) is 4.74 Å². The third-order valence-electron chi connectivity index (χ3n) is 7.37. The van der Waals surface area contributed by atoms with E-state index in [1.807, 2.05) is 0 Å². The van der Waals surface area contributed by atoms with Crippen LogP contribution in [0.2, 0.25) is 18.1 Å². The zero-order chi connectivity index (χ0) is 22.1. The smallest absolute Gasteiger partial charge is 0.292 e. The molecular formula is C22H35BN4O2SSi. The number of nitrogens with zero attached hydrogens (tertiary/aromatic N) is 3. The first-order valence-corrected chi connectivity index (χ1v) is 14.7. The van der Waals surface area contributed by atoms with Gasteiger partial charge in [-0.2, -0.15) is 0 Å². The average Bonchev–Trinajstić information content (AvgIpc) is 3.24. The number of aliphatic imine (C=N–C) groups is 1. The van der Waals surface area contributed by atoms with E-state index in [0.717, 1.165) is 27.6 Å². The number of aromatic nitrogens is 1. The summed E-state index contributed by atoms with van der Waals surface area (Å²) >= 11 is 1.64. The highest BCUT2D eigenvalue weighted by Crippen LogP contribution is 2.44. The summed E-state index contributed by atoms with van der Waals surface area (Å²) in [5.41, 5.74) is 0.932. The summed E-state index contributed by atoms with van der Waals surface area (Å²) < 4.78 is 15.5. The first-order valence-electron chi connectivity index (χ1n) is 11.0. The van der Waals surface area contributed by atoms with Crippen LogP contribution in [-0.4, -0.2) is 63.5 Å². The van der Waals surface area contributed by atoms with Gasteiger partial charge in [0.2, 0.25) is 8.32 Å². The summed E-state index contributed by atoms with van der Waals surface area (Å²) in [4.78, 5) is 9.54. The van der Waals surface area contributed by atoms with Gasteiger partial charge >= 0.3 is 0 Å². The normalized spacial score (nSPS) is 30.5. The maximum absolute atomic E-state index is 6.53. The molecule has 1 spiro atoms. The number of piperidine rings is 3. The molecule has 6 rings (SSSR count). The van der Waals surface area contributed by atoms with E-state index in [4.69, 9.17) is 19.1 Å². The lowest BCUT2D eigenvalue weighted by Gasteiger charge is -2.60. The number of anilines is 1. The van der Waals surface area contributed by atoms with E-state index in [1.165, 1.54) is 36.9 Å². The molecule has 2 aromatic rings. The van der Waals surface area contributed by atoms with Gasteiger partial charge in [-0.05, 0) is 49.2 Å². The number of quaternary nitrogens is 1. The van der Waals surface area contributed by atoms with Crippen molar-refractivity contribution in [2.45, 2.75) is 57.3 Å². The van der Waals surface area contributed by atoms with E-state index >= 15 is 0 Å². The quantitative estimate of drug-likeness (QED) is 0.712. The van der Waals surface area contributed by atoms with Gasteiger partial charge in [-0.3, -0.25) is 5.32 Å². The van der Waals surface area contributed by atoms with Crippen molar-refractivity contribution in [3.05, 3.63) is 18.2 Å². The highest BCUT2D eigenvalue weighted by molar-refractivity contribution is 7.22. The van der Waals surface area contributed by atoms with E-state index in [9.17, 15) is 0 Å². The molecular weight excluding hydrogens is 423 g/mol. The van der Waals surface area contributed by atoms with Crippen molar-refractivity contribution in [3.63, 3.8) is 0 Å². The summed E-state index contributed by atoms with van der Waals surface area (Å²) in [5.74, 6) is 1.61. The Bertz CT molecular complexity index is 1040. The molecule has 1 atom stereocenters. The monoisotopic (exact) mass is 458 g/mol. The lowest BCUT2D eigenvalue weighted by molar-refractivity contribution is -0.845. The molecule has 1 aromatic carbocycles. The number of amidine groups is 1. The van der Waals surface area contributed by atoms with E-state index in [-0.39, 0.29) is 18.6 Å². The Hall–Kier alpha value is -1.58. The van der Waals surface area contributed by atoms with Gasteiger partial charge in [-0.1, -0.05) is 32.1 Å². The zero-order valence-corrected chi connectivity index (χ0v) is 20.4. The van der Waals surface area contributed by atoms with Crippen molar-refractivity contribution < 1.29 is 13.6 Å². The summed E-state index contributed by atoms with van der Waals surface area (Å²) in [6, 6.07) is 6.90. The number of rotatable bonds is 3. The van der Waals surface area contributed by atoms with E-state index in [2.05, 4.69) is 57.4 Å². The minimum Gasteiger partial charge on any atom is -0.543 e. The molecule has 0 aliphatic carbocycles. The molecule has 1 aromatic heterocycles. The minimum absolute atomic E-state index is 0.0541. The van der Waals surface area contributed by atoms with Crippen molar-refractivity contribution >= 4 is 49.0 Å². The second-order valence-corrected chi connectivity index (χ2v) is 16.2. The number of hydrogen-bond donors (Lipinski definition) is 1. The summed E-state index contributed by atoms with van der Waals surface area (Å²) in [6.45, 7) is 16.1. The topological polar surface area (TPSA) is 55.7 Å². The number of thiazole rings is 1. The average molecular weight is 459 g/mol. The fourth-order valence-corrected chi connectivity index (χ4v) is 6.41. The van der Waals surface area contributed by atoms with Gasteiger partial charge in [0.15, 0.2) is 18.7 Å².